The first-order valence-electron chi connectivity index (χ1n) is 5.64. The van der Waals surface area contributed by atoms with E-state index in [2.05, 4.69) is 5.32 Å². The summed E-state index contributed by atoms with van der Waals surface area (Å²) in [6.07, 6.45) is 3.40. The van der Waals surface area contributed by atoms with Crippen LogP contribution < -0.4 is 5.32 Å². The Bertz CT molecular complexity index is 167. The van der Waals surface area contributed by atoms with E-state index < -0.39 is 11.7 Å². The van der Waals surface area contributed by atoms with Gasteiger partial charge in [0.1, 0.15) is 0 Å². The summed E-state index contributed by atoms with van der Waals surface area (Å²) in [5.74, 6) is 0.705. The Balaban J connectivity index is 2.18. The molecule has 0 aliphatic heterocycles. The Morgan fingerprint density at radius 1 is 1.50 bits per heavy atom. The van der Waals surface area contributed by atoms with Crippen LogP contribution in [0.25, 0.3) is 0 Å². The molecule has 3 heteroatoms. The quantitative estimate of drug-likeness (QED) is 0.573. The molecule has 0 aromatic heterocycles. The highest BCUT2D eigenvalue weighted by molar-refractivity contribution is 4.85. The number of aliphatic hydroxyl groups is 2. The number of nitrogens with one attached hydrogen (secondary N) is 1. The molecule has 3 nitrogen and oxygen atoms in total. The highest BCUT2D eigenvalue weighted by atomic mass is 16.3. The minimum Gasteiger partial charge on any atom is -0.392 e. The van der Waals surface area contributed by atoms with Crippen LogP contribution in [0.15, 0.2) is 0 Å². The van der Waals surface area contributed by atoms with Gasteiger partial charge in [0.15, 0.2) is 0 Å². The van der Waals surface area contributed by atoms with E-state index in [0.717, 1.165) is 13.0 Å². The number of likely N-dealkylation sites (N-methyl/N-ethyl adjacent to an activating group) is 1. The van der Waals surface area contributed by atoms with Crippen LogP contribution in [0.5, 0.6) is 0 Å². The van der Waals surface area contributed by atoms with E-state index in [9.17, 15) is 10.2 Å². The lowest BCUT2D eigenvalue weighted by molar-refractivity contribution is -0.00589. The molecule has 14 heavy (non-hydrogen) atoms. The van der Waals surface area contributed by atoms with Gasteiger partial charge in [0, 0.05) is 13.0 Å². The fourth-order valence-corrected chi connectivity index (χ4v) is 1.92. The average molecular weight is 201 g/mol. The molecule has 0 aromatic rings. The molecular formula is C11H23NO2. The first-order chi connectivity index (χ1) is 6.53. The molecule has 2 atom stereocenters. The maximum Gasteiger partial charge on any atom is 0.0691 e. The molecule has 0 radical (unpaired) electrons. The van der Waals surface area contributed by atoms with E-state index in [-0.39, 0.29) is 0 Å². The lowest BCUT2D eigenvalue weighted by Gasteiger charge is -2.26. The van der Waals surface area contributed by atoms with E-state index in [1.54, 1.807) is 0 Å². The van der Waals surface area contributed by atoms with Crippen LogP contribution in [0, 0.1) is 5.92 Å². The molecule has 1 aliphatic carbocycles. The molecule has 0 bridgehead atoms. The standard InChI is InChI=1S/C11H23NO2/c1-3-12-8-10(13)7-11(2,14)6-9-4-5-9/h9-10,12-14H,3-8H2,1-2H3/t10-,11+/m0/s1. The molecule has 1 fully saturated rings. The zero-order chi connectivity index (χ0) is 10.6. The van der Waals surface area contributed by atoms with E-state index in [1.807, 2.05) is 13.8 Å². The lowest BCUT2D eigenvalue weighted by Crippen LogP contribution is -2.36. The Morgan fingerprint density at radius 3 is 2.64 bits per heavy atom. The third-order valence-electron chi connectivity index (χ3n) is 2.73. The van der Waals surface area contributed by atoms with Crippen molar-refractivity contribution in [2.24, 2.45) is 5.92 Å². The highest BCUT2D eigenvalue weighted by Gasteiger charge is 2.32. The average Bonchev–Trinajstić information content (AvgIpc) is 2.82. The van der Waals surface area contributed by atoms with Crippen LogP contribution in [-0.4, -0.2) is 35.0 Å². The largest absolute Gasteiger partial charge is 0.392 e. The molecule has 1 saturated carbocycles. The van der Waals surface area contributed by atoms with Gasteiger partial charge >= 0.3 is 0 Å². The highest BCUT2D eigenvalue weighted by Crippen LogP contribution is 2.38. The molecule has 1 rings (SSSR count). The molecule has 3 N–H and O–H groups in total. The summed E-state index contributed by atoms with van der Waals surface area (Å²) in [7, 11) is 0. The summed E-state index contributed by atoms with van der Waals surface area (Å²) in [5.41, 5.74) is -0.685. The van der Waals surface area contributed by atoms with E-state index >= 15 is 0 Å². The van der Waals surface area contributed by atoms with Crippen LogP contribution in [0.4, 0.5) is 0 Å². The number of aliphatic hydroxyl groups excluding tert-OH is 1. The second-order valence-electron chi connectivity index (χ2n) is 4.81. The predicted octanol–water partition coefficient (Wildman–Crippen LogP) is 0.898. The second kappa shape index (κ2) is 5.10. The van der Waals surface area contributed by atoms with Gasteiger partial charge in [-0.3, -0.25) is 0 Å². The summed E-state index contributed by atoms with van der Waals surface area (Å²) in [6, 6.07) is 0. The summed E-state index contributed by atoms with van der Waals surface area (Å²) in [4.78, 5) is 0. The van der Waals surface area contributed by atoms with Crippen LogP contribution >= 0.6 is 0 Å². The smallest absolute Gasteiger partial charge is 0.0691 e. The maximum atomic E-state index is 10.0. The number of hydrogen-bond donors (Lipinski definition) is 3. The monoisotopic (exact) mass is 201 g/mol. The van der Waals surface area contributed by atoms with Crippen molar-refractivity contribution in [3.05, 3.63) is 0 Å². The molecule has 0 amide bonds. The molecule has 0 heterocycles. The van der Waals surface area contributed by atoms with Crippen molar-refractivity contribution in [3.8, 4) is 0 Å². The maximum absolute atomic E-state index is 10.0. The Labute approximate surface area is 86.5 Å². The fourth-order valence-electron chi connectivity index (χ4n) is 1.92. The molecule has 0 saturated heterocycles. The van der Waals surface area contributed by atoms with Crippen molar-refractivity contribution in [1.29, 1.82) is 0 Å². The van der Waals surface area contributed by atoms with Crippen molar-refractivity contribution in [2.75, 3.05) is 13.1 Å². The Hall–Kier alpha value is -0.120. The van der Waals surface area contributed by atoms with Crippen molar-refractivity contribution in [2.45, 2.75) is 51.2 Å². The SMILES string of the molecule is CCNC[C@@H](O)C[C@](C)(O)CC1CC1. The zero-order valence-corrected chi connectivity index (χ0v) is 9.29. The zero-order valence-electron chi connectivity index (χ0n) is 9.29. The summed E-state index contributed by atoms with van der Waals surface area (Å²) in [6.45, 7) is 5.29. The van der Waals surface area contributed by atoms with Gasteiger partial charge in [-0.05, 0) is 25.8 Å². The van der Waals surface area contributed by atoms with Crippen LogP contribution in [0.1, 0.15) is 39.5 Å². The van der Waals surface area contributed by atoms with Crippen molar-refractivity contribution in [3.63, 3.8) is 0 Å². The summed E-state index contributed by atoms with van der Waals surface area (Å²) < 4.78 is 0. The van der Waals surface area contributed by atoms with Gasteiger partial charge in [-0.25, -0.2) is 0 Å². The normalized spacial score (nSPS) is 23.1. The van der Waals surface area contributed by atoms with Crippen molar-refractivity contribution in [1.82, 2.24) is 5.32 Å². The topological polar surface area (TPSA) is 52.5 Å². The minimum atomic E-state index is -0.685. The minimum absolute atomic E-state index is 0.427. The first-order valence-corrected chi connectivity index (χ1v) is 5.64. The number of hydrogen-bond acceptors (Lipinski definition) is 3. The second-order valence-corrected chi connectivity index (χ2v) is 4.81. The van der Waals surface area contributed by atoms with E-state index in [1.165, 1.54) is 12.8 Å². The third kappa shape index (κ3) is 4.94. The molecule has 0 aromatic carbocycles. The van der Waals surface area contributed by atoms with Gasteiger partial charge in [-0.2, -0.15) is 0 Å². The van der Waals surface area contributed by atoms with Crippen LogP contribution in [0.2, 0.25) is 0 Å². The third-order valence-corrected chi connectivity index (χ3v) is 2.73. The lowest BCUT2D eigenvalue weighted by atomic mass is 9.92. The van der Waals surface area contributed by atoms with Gasteiger partial charge in [0.25, 0.3) is 0 Å². The Morgan fingerprint density at radius 2 is 2.14 bits per heavy atom. The Kier molecular flexibility index (Phi) is 4.35. The van der Waals surface area contributed by atoms with E-state index in [0.29, 0.717) is 18.9 Å². The van der Waals surface area contributed by atoms with Gasteiger partial charge in [0.05, 0.1) is 11.7 Å². The van der Waals surface area contributed by atoms with E-state index in [4.69, 9.17) is 0 Å². The molecular weight excluding hydrogens is 178 g/mol. The van der Waals surface area contributed by atoms with Crippen LogP contribution in [-0.2, 0) is 0 Å². The van der Waals surface area contributed by atoms with Gasteiger partial charge in [-0.1, -0.05) is 19.8 Å². The van der Waals surface area contributed by atoms with Gasteiger partial charge in [0.2, 0.25) is 0 Å². The van der Waals surface area contributed by atoms with Gasteiger partial charge in [-0.15, -0.1) is 0 Å². The molecule has 0 unspecified atom stereocenters. The number of rotatable bonds is 7. The molecule has 0 spiro atoms. The molecule has 1 aliphatic rings. The summed E-state index contributed by atoms with van der Waals surface area (Å²) in [5, 5.41) is 22.7. The predicted molar refractivity (Wildman–Crippen MR) is 57.1 cm³/mol. The van der Waals surface area contributed by atoms with Crippen molar-refractivity contribution < 1.29 is 10.2 Å². The molecule has 84 valence electrons. The summed E-state index contributed by atoms with van der Waals surface area (Å²) >= 11 is 0. The van der Waals surface area contributed by atoms with Crippen molar-refractivity contribution >= 4 is 0 Å². The van der Waals surface area contributed by atoms with Gasteiger partial charge < -0.3 is 15.5 Å². The van der Waals surface area contributed by atoms with Crippen LogP contribution in [0.3, 0.4) is 0 Å². The first kappa shape index (κ1) is 12.0. The fraction of sp³-hybridized carbons (Fsp3) is 1.00.